The number of carbonyl (C=O) groups excluding carboxylic acids is 2. The van der Waals surface area contributed by atoms with E-state index in [1.165, 1.54) is 18.6 Å². The second-order valence-electron chi connectivity index (χ2n) is 6.85. The van der Waals surface area contributed by atoms with E-state index in [1.54, 1.807) is 42.5 Å². The van der Waals surface area contributed by atoms with Gasteiger partial charge in [0.2, 0.25) is 0 Å². The third-order valence-electron chi connectivity index (χ3n) is 4.74. The van der Waals surface area contributed by atoms with Crippen LogP contribution in [0, 0.1) is 5.82 Å². The molecular weight excluding hydrogens is 423 g/mol. The van der Waals surface area contributed by atoms with E-state index in [2.05, 4.69) is 26.6 Å². The average molecular weight is 445 g/mol. The van der Waals surface area contributed by atoms with Gasteiger partial charge in [-0.25, -0.2) is 4.39 Å². The monoisotopic (exact) mass is 444 g/mol. The van der Waals surface area contributed by atoms with Crippen LogP contribution in [0.15, 0.2) is 58.7 Å². The molecule has 0 saturated heterocycles. The lowest BCUT2D eigenvalue weighted by molar-refractivity contribution is -0.118. The van der Waals surface area contributed by atoms with E-state index in [9.17, 15) is 14.0 Å². The fourth-order valence-corrected chi connectivity index (χ4v) is 3.48. The molecule has 0 aromatic heterocycles. The van der Waals surface area contributed by atoms with Crippen molar-refractivity contribution in [3.63, 3.8) is 0 Å². The van der Waals surface area contributed by atoms with Gasteiger partial charge in [-0.2, -0.15) is 0 Å². The van der Waals surface area contributed by atoms with Crippen LogP contribution in [-0.4, -0.2) is 17.9 Å². The maximum absolute atomic E-state index is 14.1. The first-order valence-corrected chi connectivity index (χ1v) is 10.2. The highest BCUT2D eigenvalue weighted by Gasteiger charge is 2.20. The van der Waals surface area contributed by atoms with Crippen molar-refractivity contribution < 1.29 is 14.0 Å². The fourth-order valence-electron chi connectivity index (χ4n) is 3.21. The summed E-state index contributed by atoms with van der Waals surface area (Å²) in [6.45, 7) is 0. The van der Waals surface area contributed by atoms with Gasteiger partial charge in [0.25, 0.3) is 11.8 Å². The summed E-state index contributed by atoms with van der Waals surface area (Å²) < 4.78 is 14.9. The molecule has 4 nitrogen and oxygen atoms in total. The zero-order valence-corrected chi connectivity index (χ0v) is 17.0. The van der Waals surface area contributed by atoms with Crippen LogP contribution in [-0.2, 0) is 4.79 Å². The zero-order chi connectivity index (χ0) is 19.9. The summed E-state index contributed by atoms with van der Waals surface area (Å²) in [7, 11) is 0. The second kappa shape index (κ2) is 9.64. The predicted octanol–water partition coefficient (Wildman–Crippen LogP) is 4.81. The molecule has 6 heteroatoms. The van der Waals surface area contributed by atoms with Crippen molar-refractivity contribution >= 4 is 33.8 Å². The molecule has 0 radical (unpaired) electrons. The van der Waals surface area contributed by atoms with E-state index in [4.69, 9.17) is 0 Å². The molecule has 2 aromatic carbocycles. The van der Waals surface area contributed by atoms with E-state index >= 15 is 0 Å². The summed E-state index contributed by atoms with van der Waals surface area (Å²) in [4.78, 5) is 25.4. The molecule has 28 heavy (non-hydrogen) atoms. The summed E-state index contributed by atoms with van der Waals surface area (Å²) in [5.74, 6) is -1.28. The molecule has 3 rings (SSSR count). The molecule has 1 fully saturated rings. The van der Waals surface area contributed by atoms with Crippen LogP contribution in [0.2, 0.25) is 0 Å². The van der Waals surface area contributed by atoms with Gasteiger partial charge in [0.05, 0.1) is 0 Å². The quantitative estimate of drug-likeness (QED) is 0.650. The van der Waals surface area contributed by atoms with Crippen LogP contribution in [0.3, 0.4) is 0 Å². The highest BCUT2D eigenvalue weighted by atomic mass is 79.9. The Morgan fingerprint density at radius 1 is 1.00 bits per heavy atom. The Morgan fingerprint density at radius 2 is 1.68 bits per heavy atom. The maximum atomic E-state index is 14.1. The van der Waals surface area contributed by atoms with Gasteiger partial charge < -0.3 is 10.6 Å². The van der Waals surface area contributed by atoms with Crippen molar-refractivity contribution in [2.45, 2.75) is 38.1 Å². The van der Waals surface area contributed by atoms with Gasteiger partial charge in [-0.05, 0) is 49.2 Å². The van der Waals surface area contributed by atoms with Crippen molar-refractivity contribution in [1.82, 2.24) is 10.6 Å². The van der Waals surface area contributed by atoms with E-state index in [1.807, 2.05) is 0 Å². The predicted molar refractivity (Wildman–Crippen MR) is 111 cm³/mol. The molecule has 0 bridgehead atoms. The van der Waals surface area contributed by atoms with E-state index in [0.717, 1.165) is 30.2 Å². The summed E-state index contributed by atoms with van der Waals surface area (Å²) in [5.41, 5.74) is 0.684. The van der Waals surface area contributed by atoms with Gasteiger partial charge >= 0.3 is 0 Å². The molecule has 0 unspecified atom stereocenters. The van der Waals surface area contributed by atoms with Crippen molar-refractivity contribution in [3.05, 3.63) is 75.6 Å². The Balaban J connectivity index is 1.83. The molecule has 1 saturated carbocycles. The van der Waals surface area contributed by atoms with Crippen LogP contribution in [0.25, 0.3) is 6.08 Å². The Morgan fingerprint density at radius 3 is 2.36 bits per heavy atom. The molecular formula is C22H22BrFN2O2. The van der Waals surface area contributed by atoms with Gasteiger partial charge in [0.1, 0.15) is 11.5 Å². The first kappa shape index (κ1) is 20.3. The lowest BCUT2D eigenvalue weighted by atomic mass is 9.95. The molecule has 1 aliphatic rings. The van der Waals surface area contributed by atoms with Gasteiger partial charge in [-0.15, -0.1) is 0 Å². The average Bonchev–Trinajstić information content (AvgIpc) is 2.70. The Hall–Kier alpha value is -2.47. The minimum Gasteiger partial charge on any atom is -0.348 e. The zero-order valence-electron chi connectivity index (χ0n) is 15.4. The molecule has 1 aliphatic carbocycles. The smallest absolute Gasteiger partial charge is 0.268 e. The second-order valence-corrected chi connectivity index (χ2v) is 7.76. The first-order valence-electron chi connectivity index (χ1n) is 9.37. The maximum Gasteiger partial charge on any atom is 0.268 e. The third kappa shape index (κ3) is 5.52. The Bertz CT molecular complexity index is 874. The summed E-state index contributed by atoms with van der Waals surface area (Å²) >= 11 is 3.33. The van der Waals surface area contributed by atoms with Crippen LogP contribution in [0.4, 0.5) is 4.39 Å². The largest absolute Gasteiger partial charge is 0.348 e. The van der Waals surface area contributed by atoms with Crippen molar-refractivity contribution in [3.8, 4) is 0 Å². The standard InChI is InChI=1S/C22H22BrFN2O2/c23-17-12-10-15(11-13-17)21(27)26-20(14-16-6-4-5-9-19(16)24)22(28)25-18-7-2-1-3-8-18/h4-6,9-14,18H,1-3,7-8H2,(H,25,28)(H,26,27). The lowest BCUT2D eigenvalue weighted by Gasteiger charge is -2.23. The van der Waals surface area contributed by atoms with Crippen molar-refractivity contribution in [2.24, 2.45) is 0 Å². The molecule has 146 valence electrons. The minimum atomic E-state index is -0.455. The number of halogens is 2. The molecule has 2 aromatic rings. The summed E-state index contributed by atoms with van der Waals surface area (Å²) in [6, 6.07) is 13.0. The van der Waals surface area contributed by atoms with E-state index in [-0.39, 0.29) is 17.3 Å². The van der Waals surface area contributed by atoms with Gasteiger partial charge in [-0.1, -0.05) is 53.4 Å². The number of hydrogen-bond acceptors (Lipinski definition) is 2. The number of hydrogen-bond donors (Lipinski definition) is 2. The van der Waals surface area contributed by atoms with Gasteiger partial charge in [-0.3, -0.25) is 9.59 Å². The van der Waals surface area contributed by atoms with Crippen LogP contribution in [0.5, 0.6) is 0 Å². The molecule has 0 heterocycles. The summed E-state index contributed by atoms with van der Waals surface area (Å²) in [5, 5.41) is 5.62. The molecule has 0 spiro atoms. The number of carbonyl (C=O) groups is 2. The van der Waals surface area contributed by atoms with E-state index in [0.29, 0.717) is 5.56 Å². The number of nitrogens with one attached hydrogen (secondary N) is 2. The van der Waals surface area contributed by atoms with E-state index < -0.39 is 17.6 Å². The highest BCUT2D eigenvalue weighted by molar-refractivity contribution is 9.10. The minimum absolute atomic E-state index is 0.0311. The van der Waals surface area contributed by atoms with Crippen LogP contribution in [0.1, 0.15) is 48.0 Å². The van der Waals surface area contributed by atoms with Crippen molar-refractivity contribution in [2.75, 3.05) is 0 Å². The van der Waals surface area contributed by atoms with Crippen molar-refractivity contribution in [1.29, 1.82) is 0 Å². The Labute approximate surface area is 172 Å². The molecule has 2 N–H and O–H groups in total. The summed E-state index contributed by atoms with van der Waals surface area (Å²) in [6.07, 6.45) is 6.53. The number of benzene rings is 2. The first-order chi connectivity index (χ1) is 13.5. The highest BCUT2D eigenvalue weighted by Crippen LogP contribution is 2.18. The SMILES string of the molecule is O=C(NC1CCCCC1)C(=Cc1ccccc1F)NC(=O)c1ccc(Br)cc1. The molecule has 0 aliphatic heterocycles. The number of amides is 2. The molecule has 0 atom stereocenters. The third-order valence-corrected chi connectivity index (χ3v) is 5.27. The lowest BCUT2D eigenvalue weighted by Crippen LogP contribution is -2.41. The van der Waals surface area contributed by atoms with Gasteiger partial charge in [0, 0.05) is 21.6 Å². The molecule has 2 amide bonds. The topological polar surface area (TPSA) is 58.2 Å². The Kier molecular flexibility index (Phi) is 6.98. The normalized spacial score (nSPS) is 15.1. The fraction of sp³-hybridized carbons (Fsp3) is 0.273. The van der Waals surface area contributed by atoms with Crippen LogP contribution < -0.4 is 10.6 Å². The number of rotatable bonds is 5. The van der Waals surface area contributed by atoms with Crippen LogP contribution >= 0.6 is 15.9 Å². The van der Waals surface area contributed by atoms with Gasteiger partial charge in [0.15, 0.2) is 0 Å².